The quantitative estimate of drug-likeness (QED) is 0.685. The Kier molecular flexibility index (Phi) is 4.83. The first-order valence-corrected chi connectivity index (χ1v) is 10.8. The van der Waals surface area contributed by atoms with E-state index in [9.17, 15) is 8.78 Å². The summed E-state index contributed by atoms with van der Waals surface area (Å²) in [6, 6.07) is 9.09. The third kappa shape index (κ3) is 3.44. The van der Waals surface area contributed by atoms with Crippen LogP contribution in [0.1, 0.15) is 50.2 Å². The zero-order valence-electron chi connectivity index (χ0n) is 16.8. The summed E-state index contributed by atoms with van der Waals surface area (Å²) in [6.45, 7) is 4.10. The number of hydrogen-bond acceptors (Lipinski definition) is 3. The molecule has 0 amide bonds. The van der Waals surface area contributed by atoms with Crippen LogP contribution in [0.4, 0.5) is 8.78 Å². The lowest BCUT2D eigenvalue weighted by Gasteiger charge is -2.47. The molecular weight excluding hydrogens is 372 g/mol. The molecule has 3 aliphatic rings. The van der Waals surface area contributed by atoms with E-state index in [-0.39, 0.29) is 5.82 Å². The molecule has 1 saturated heterocycles. The van der Waals surface area contributed by atoms with Crippen LogP contribution in [0, 0.1) is 11.6 Å². The van der Waals surface area contributed by atoms with Crippen LogP contribution >= 0.6 is 0 Å². The van der Waals surface area contributed by atoms with Gasteiger partial charge >= 0.3 is 0 Å². The van der Waals surface area contributed by atoms with Crippen molar-refractivity contribution in [3.63, 3.8) is 0 Å². The first kappa shape index (κ1) is 19.0. The first-order valence-electron chi connectivity index (χ1n) is 10.8. The van der Waals surface area contributed by atoms with Gasteiger partial charge in [0.1, 0.15) is 5.82 Å². The maximum atomic E-state index is 15.0. The highest BCUT2D eigenvalue weighted by Gasteiger charge is 2.43. The topological polar surface area (TPSA) is 21.7 Å². The molecule has 0 atom stereocenters. The summed E-state index contributed by atoms with van der Waals surface area (Å²) in [6.07, 6.45) is 6.04. The molecule has 5 heteroatoms. The minimum absolute atomic E-state index is 0.257. The van der Waals surface area contributed by atoms with Crippen LogP contribution < -0.4 is 4.74 Å². The fraction of sp³-hybridized carbons (Fsp3) is 0.500. The van der Waals surface area contributed by atoms with Gasteiger partial charge in [-0.2, -0.15) is 0 Å². The van der Waals surface area contributed by atoms with Gasteiger partial charge in [-0.3, -0.25) is 4.90 Å². The zero-order valence-corrected chi connectivity index (χ0v) is 16.8. The average Bonchev–Trinajstić information content (AvgIpc) is 2.69. The lowest BCUT2D eigenvalue weighted by molar-refractivity contribution is -0.232. The van der Waals surface area contributed by atoms with Crippen LogP contribution in [-0.4, -0.2) is 29.8 Å². The van der Waals surface area contributed by atoms with Crippen LogP contribution in [0.2, 0.25) is 0 Å². The minimum Gasteiger partial charge on any atom is -0.459 e. The van der Waals surface area contributed by atoms with Gasteiger partial charge < -0.3 is 9.47 Å². The van der Waals surface area contributed by atoms with Crippen molar-refractivity contribution in [3.8, 4) is 16.9 Å². The van der Waals surface area contributed by atoms with Gasteiger partial charge in [-0.1, -0.05) is 25.5 Å². The molecule has 1 spiro atoms. The van der Waals surface area contributed by atoms with Crippen molar-refractivity contribution >= 4 is 0 Å². The molecule has 0 aromatic heterocycles. The highest BCUT2D eigenvalue weighted by atomic mass is 19.1. The van der Waals surface area contributed by atoms with E-state index in [0.717, 1.165) is 25.9 Å². The van der Waals surface area contributed by atoms with E-state index in [0.29, 0.717) is 47.1 Å². The highest BCUT2D eigenvalue weighted by molar-refractivity contribution is 5.66. The fourth-order valence-corrected chi connectivity index (χ4v) is 4.71. The average molecular weight is 399 g/mol. The van der Waals surface area contributed by atoms with Gasteiger partial charge in [0.25, 0.3) is 0 Å². The molecule has 3 nitrogen and oxygen atoms in total. The molecule has 2 heterocycles. The number of nitrogens with zero attached hydrogens (tertiary/aromatic N) is 1. The van der Waals surface area contributed by atoms with Crippen LogP contribution in [0.15, 0.2) is 30.3 Å². The normalized spacial score (nSPS) is 21.5. The van der Waals surface area contributed by atoms with Crippen molar-refractivity contribution in [2.75, 3.05) is 13.1 Å². The molecule has 2 aromatic carbocycles. The standard InChI is InChI=1S/C24H27F2NO2/c1-2-16-6-7-17(13-21(16)25)18-12-19-15-28-24(29-23(19)22(26)14-18)8-10-27(11-9-24)20-4-3-5-20/h6-7,12-14,20H,2-5,8-11,15H2,1H3. The molecule has 2 fully saturated rings. The maximum absolute atomic E-state index is 15.0. The van der Waals surface area contributed by atoms with E-state index >= 15 is 0 Å². The Hall–Kier alpha value is -1.98. The van der Waals surface area contributed by atoms with Crippen LogP contribution in [0.3, 0.4) is 0 Å². The number of fused-ring (bicyclic) bond motifs is 1. The third-order valence-corrected chi connectivity index (χ3v) is 6.82. The third-order valence-electron chi connectivity index (χ3n) is 6.82. The largest absolute Gasteiger partial charge is 0.459 e. The summed E-state index contributed by atoms with van der Waals surface area (Å²) in [4.78, 5) is 2.52. The fourth-order valence-electron chi connectivity index (χ4n) is 4.71. The summed E-state index contributed by atoms with van der Waals surface area (Å²) in [5, 5.41) is 0. The second kappa shape index (κ2) is 7.37. The summed E-state index contributed by atoms with van der Waals surface area (Å²) >= 11 is 0. The number of halogens is 2. The molecular formula is C24H27F2NO2. The number of likely N-dealkylation sites (tertiary alicyclic amines) is 1. The van der Waals surface area contributed by atoms with E-state index < -0.39 is 11.6 Å². The van der Waals surface area contributed by atoms with Crippen LogP contribution in [-0.2, 0) is 17.8 Å². The highest BCUT2D eigenvalue weighted by Crippen LogP contribution is 2.42. The molecule has 154 valence electrons. The molecule has 5 rings (SSSR count). The number of hydrogen-bond donors (Lipinski definition) is 0. The van der Waals surface area contributed by atoms with Crippen molar-refractivity contribution in [2.24, 2.45) is 0 Å². The zero-order chi connectivity index (χ0) is 20.0. The molecule has 1 saturated carbocycles. The number of aryl methyl sites for hydroxylation is 1. The molecule has 2 aromatic rings. The van der Waals surface area contributed by atoms with E-state index in [1.807, 2.05) is 19.1 Å². The molecule has 29 heavy (non-hydrogen) atoms. The second-order valence-corrected chi connectivity index (χ2v) is 8.53. The van der Waals surface area contributed by atoms with E-state index in [4.69, 9.17) is 9.47 Å². The van der Waals surface area contributed by atoms with Crippen molar-refractivity contribution < 1.29 is 18.3 Å². The number of benzene rings is 2. The Bertz CT molecular complexity index is 917. The van der Waals surface area contributed by atoms with Crippen molar-refractivity contribution in [2.45, 2.75) is 63.9 Å². The Morgan fingerprint density at radius 2 is 1.79 bits per heavy atom. The maximum Gasteiger partial charge on any atom is 0.213 e. The second-order valence-electron chi connectivity index (χ2n) is 8.53. The summed E-state index contributed by atoms with van der Waals surface area (Å²) in [5.41, 5.74) is 2.65. The SMILES string of the molecule is CCc1ccc(-c2cc(F)c3c(c2)COC2(CCN(C4CCC4)CC2)O3)cc1F. The van der Waals surface area contributed by atoms with Crippen molar-refractivity contribution in [1.82, 2.24) is 4.90 Å². The number of piperidine rings is 1. The van der Waals surface area contributed by atoms with Crippen molar-refractivity contribution in [3.05, 3.63) is 53.1 Å². The molecule has 0 bridgehead atoms. The van der Waals surface area contributed by atoms with Gasteiger partial charge in [-0.05, 0) is 54.2 Å². The van der Waals surface area contributed by atoms with E-state index in [1.54, 1.807) is 6.07 Å². The summed E-state index contributed by atoms with van der Waals surface area (Å²) in [7, 11) is 0. The van der Waals surface area contributed by atoms with Gasteiger partial charge in [0.15, 0.2) is 11.6 Å². The van der Waals surface area contributed by atoms with Crippen LogP contribution in [0.5, 0.6) is 5.75 Å². The first-order chi connectivity index (χ1) is 14.1. The van der Waals surface area contributed by atoms with Crippen LogP contribution in [0.25, 0.3) is 11.1 Å². The van der Waals surface area contributed by atoms with Gasteiger partial charge in [0.05, 0.1) is 6.61 Å². The van der Waals surface area contributed by atoms with E-state index in [2.05, 4.69) is 4.90 Å². The Labute approximate surface area is 170 Å². The molecule has 1 aliphatic carbocycles. The van der Waals surface area contributed by atoms with Gasteiger partial charge in [-0.15, -0.1) is 0 Å². The van der Waals surface area contributed by atoms with Crippen molar-refractivity contribution in [1.29, 1.82) is 0 Å². The van der Waals surface area contributed by atoms with Gasteiger partial charge in [0, 0.05) is 37.5 Å². The molecule has 0 N–H and O–H groups in total. The number of rotatable bonds is 3. The molecule has 0 unspecified atom stereocenters. The molecule has 2 aliphatic heterocycles. The summed E-state index contributed by atoms with van der Waals surface area (Å²) in [5.74, 6) is -1.08. The smallest absolute Gasteiger partial charge is 0.213 e. The Morgan fingerprint density at radius 3 is 2.45 bits per heavy atom. The van der Waals surface area contributed by atoms with E-state index in [1.165, 1.54) is 31.4 Å². The monoisotopic (exact) mass is 399 g/mol. The molecule has 0 radical (unpaired) electrons. The minimum atomic E-state index is -0.718. The Morgan fingerprint density at radius 1 is 1.03 bits per heavy atom. The number of ether oxygens (including phenoxy) is 2. The van der Waals surface area contributed by atoms with Gasteiger partial charge in [0.2, 0.25) is 5.79 Å². The van der Waals surface area contributed by atoms with Gasteiger partial charge in [-0.25, -0.2) is 8.78 Å². The lowest BCUT2D eigenvalue weighted by atomic mass is 9.89. The Balaban J connectivity index is 1.36. The lowest BCUT2D eigenvalue weighted by Crippen LogP contribution is -2.54. The predicted octanol–water partition coefficient (Wildman–Crippen LogP) is 5.45. The predicted molar refractivity (Wildman–Crippen MR) is 108 cm³/mol. The summed E-state index contributed by atoms with van der Waals surface area (Å²) < 4.78 is 41.4.